The summed E-state index contributed by atoms with van der Waals surface area (Å²) in [4.78, 5) is 23.3. The number of nitrogens with zero attached hydrogens (tertiary/aromatic N) is 4. The highest BCUT2D eigenvalue weighted by atomic mass is 16.3. The molecular formula is C22H22N4O2. The fourth-order valence-electron chi connectivity index (χ4n) is 3.32. The number of benzene rings is 1. The van der Waals surface area contributed by atoms with Crippen molar-refractivity contribution in [3.63, 3.8) is 0 Å². The first-order valence-electron chi connectivity index (χ1n) is 9.36. The molecule has 4 aromatic rings. The Hall–Kier alpha value is -3.25. The van der Waals surface area contributed by atoms with Gasteiger partial charge in [-0.25, -0.2) is 4.98 Å². The first-order valence-corrected chi connectivity index (χ1v) is 9.36. The van der Waals surface area contributed by atoms with Crippen LogP contribution in [0.1, 0.15) is 17.5 Å². The van der Waals surface area contributed by atoms with E-state index in [-0.39, 0.29) is 5.43 Å². The third kappa shape index (κ3) is 4.35. The normalized spacial score (nSPS) is 11.3. The van der Waals surface area contributed by atoms with Gasteiger partial charge in [-0.3, -0.25) is 14.7 Å². The van der Waals surface area contributed by atoms with E-state index in [0.717, 1.165) is 26.1 Å². The summed E-state index contributed by atoms with van der Waals surface area (Å²) in [5.74, 6) is 0. The van der Waals surface area contributed by atoms with Gasteiger partial charge in [0.05, 0.1) is 18.0 Å². The van der Waals surface area contributed by atoms with E-state index in [1.54, 1.807) is 24.9 Å². The molecular weight excluding hydrogens is 352 g/mol. The van der Waals surface area contributed by atoms with Crippen molar-refractivity contribution < 1.29 is 4.42 Å². The molecule has 1 aromatic carbocycles. The van der Waals surface area contributed by atoms with Gasteiger partial charge < -0.3 is 8.98 Å². The Kier molecular flexibility index (Phi) is 5.58. The van der Waals surface area contributed by atoms with Crippen molar-refractivity contribution in [3.8, 4) is 0 Å². The maximum atomic E-state index is 12.9. The summed E-state index contributed by atoms with van der Waals surface area (Å²) in [7, 11) is 0. The van der Waals surface area contributed by atoms with E-state index in [1.807, 2.05) is 48.9 Å². The van der Waals surface area contributed by atoms with E-state index >= 15 is 0 Å². The summed E-state index contributed by atoms with van der Waals surface area (Å²) in [5, 5.41) is 0.627. The molecule has 0 fully saturated rings. The molecule has 142 valence electrons. The molecule has 0 saturated carbocycles. The lowest BCUT2D eigenvalue weighted by Crippen LogP contribution is -2.27. The molecule has 0 amide bonds. The van der Waals surface area contributed by atoms with E-state index in [9.17, 15) is 4.79 Å². The standard InChI is InChI=1S/C22H22N4O2/c27-22-19(16-28-21-5-2-1-4-20(21)22)15-26(14-18-6-8-23-9-7-18)12-3-11-25-13-10-24-17-25/h1-2,4-10,13,16-17H,3,11-12,14-15H2. The van der Waals surface area contributed by atoms with Crippen molar-refractivity contribution in [2.45, 2.75) is 26.1 Å². The lowest BCUT2D eigenvalue weighted by molar-refractivity contribution is 0.246. The number of fused-ring (bicyclic) bond motifs is 1. The first kappa shape index (κ1) is 18.1. The molecule has 6 nitrogen and oxygen atoms in total. The Balaban J connectivity index is 1.52. The van der Waals surface area contributed by atoms with Gasteiger partial charge in [-0.15, -0.1) is 0 Å². The molecule has 0 atom stereocenters. The van der Waals surface area contributed by atoms with E-state index in [2.05, 4.69) is 19.4 Å². The van der Waals surface area contributed by atoms with Crippen molar-refractivity contribution in [3.05, 3.63) is 95.1 Å². The summed E-state index contributed by atoms with van der Waals surface area (Å²) in [5.41, 5.74) is 2.51. The van der Waals surface area contributed by atoms with Gasteiger partial charge in [0.25, 0.3) is 0 Å². The van der Waals surface area contributed by atoms with E-state index < -0.39 is 0 Å². The zero-order chi connectivity index (χ0) is 19.2. The monoisotopic (exact) mass is 374 g/mol. The average Bonchev–Trinajstić information content (AvgIpc) is 3.24. The van der Waals surface area contributed by atoms with Gasteiger partial charge in [-0.1, -0.05) is 12.1 Å². The van der Waals surface area contributed by atoms with E-state index in [0.29, 0.717) is 23.1 Å². The SMILES string of the molecule is O=c1c(CN(CCCn2ccnc2)Cc2ccncc2)coc2ccccc12. The third-order valence-corrected chi connectivity index (χ3v) is 4.75. The van der Waals surface area contributed by atoms with Crippen LogP contribution < -0.4 is 5.43 Å². The zero-order valence-corrected chi connectivity index (χ0v) is 15.6. The quantitative estimate of drug-likeness (QED) is 0.472. The molecule has 0 radical (unpaired) electrons. The van der Waals surface area contributed by atoms with Crippen LogP contribution in [-0.2, 0) is 19.6 Å². The van der Waals surface area contributed by atoms with Crippen molar-refractivity contribution in [2.75, 3.05) is 6.54 Å². The number of para-hydroxylation sites is 1. The van der Waals surface area contributed by atoms with Crippen LogP contribution in [0.3, 0.4) is 0 Å². The molecule has 0 N–H and O–H groups in total. The second kappa shape index (κ2) is 8.63. The molecule has 0 aliphatic carbocycles. The number of imidazole rings is 1. The van der Waals surface area contributed by atoms with Crippen LogP contribution in [0.5, 0.6) is 0 Å². The number of pyridine rings is 1. The predicted octanol–water partition coefficient (Wildman–Crippen LogP) is 3.48. The largest absolute Gasteiger partial charge is 0.464 e. The van der Waals surface area contributed by atoms with Crippen LogP contribution in [0.4, 0.5) is 0 Å². The van der Waals surface area contributed by atoms with Gasteiger partial charge in [0.15, 0.2) is 5.43 Å². The highest BCUT2D eigenvalue weighted by Gasteiger charge is 2.12. The second-order valence-electron chi connectivity index (χ2n) is 6.81. The Morgan fingerprint density at radius 1 is 1.00 bits per heavy atom. The first-order chi connectivity index (χ1) is 13.8. The van der Waals surface area contributed by atoms with Crippen LogP contribution in [0, 0.1) is 0 Å². The fraction of sp³-hybridized carbons (Fsp3) is 0.227. The van der Waals surface area contributed by atoms with Crippen LogP contribution in [-0.4, -0.2) is 26.0 Å². The van der Waals surface area contributed by atoms with Gasteiger partial charge in [0, 0.05) is 56.5 Å². The smallest absolute Gasteiger partial charge is 0.197 e. The molecule has 0 aliphatic heterocycles. The molecule has 3 heterocycles. The number of aromatic nitrogens is 3. The topological polar surface area (TPSA) is 64.2 Å². The van der Waals surface area contributed by atoms with Crippen molar-refractivity contribution in [2.24, 2.45) is 0 Å². The highest BCUT2D eigenvalue weighted by Crippen LogP contribution is 2.13. The van der Waals surface area contributed by atoms with Crippen molar-refractivity contribution >= 4 is 11.0 Å². The molecule has 0 aliphatic rings. The maximum absolute atomic E-state index is 12.9. The van der Waals surface area contributed by atoms with E-state index in [1.165, 1.54) is 5.56 Å². The Morgan fingerprint density at radius 2 is 1.86 bits per heavy atom. The van der Waals surface area contributed by atoms with Crippen LogP contribution >= 0.6 is 0 Å². The molecule has 6 heteroatoms. The van der Waals surface area contributed by atoms with Crippen LogP contribution in [0.15, 0.2) is 83.0 Å². The van der Waals surface area contributed by atoms with Crippen molar-refractivity contribution in [1.82, 2.24) is 19.4 Å². The highest BCUT2D eigenvalue weighted by molar-refractivity contribution is 5.76. The van der Waals surface area contributed by atoms with Gasteiger partial charge in [-0.05, 0) is 36.2 Å². The van der Waals surface area contributed by atoms with Gasteiger partial charge >= 0.3 is 0 Å². The van der Waals surface area contributed by atoms with Gasteiger partial charge in [0.1, 0.15) is 5.58 Å². The minimum atomic E-state index is 0.0381. The van der Waals surface area contributed by atoms with Crippen molar-refractivity contribution in [1.29, 1.82) is 0 Å². The average molecular weight is 374 g/mol. The molecule has 0 unspecified atom stereocenters. The number of hydrogen-bond donors (Lipinski definition) is 0. The predicted molar refractivity (Wildman–Crippen MR) is 108 cm³/mol. The summed E-state index contributed by atoms with van der Waals surface area (Å²) in [6.07, 6.45) is 11.7. The minimum Gasteiger partial charge on any atom is -0.464 e. The number of rotatable bonds is 8. The van der Waals surface area contributed by atoms with Gasteiger partial charge in [0.2, 0.25) is 0 Å². The summed E-state index contributed by atoms with van der Waals surface area (Å²) in [6.45, 7) is 3.03. The molecule has 3 aromatic heterocycles. The Morgan fingerprint density at radius 3 is 2.68 bits per heavy atom. The van der Waals surface area contributed by atoms with Gasteiger partial charge in [-0.2, -0.15) is 0 Å². The lowest BCUT2D eigenvalue weighted by Gasteiger charge is -2.22. The molecule has 0 spiro atoms. The Labute approximate surface area is 163 Å². The Bertz CT molecular complexity index is 1070. The molecule has 28 heavy (non-hydrogen) atoms. The summed E-state index contributed by atoms with van der Waals surface area (Å²) >= 11 is 0. The maximum Gasteiger partial charge on any atom is 0.197 e. The minimum absolute atomic E-state index is 0.0381. The number of aryl methyl sites for hydroxylation is 1. The van der Waals surface area contributed by atoms with E-state index in [4.69, 9.17) is 4.42 Å². The lowest BCUT2D eigenvalue weighted by atomic mass is 10.1. The summed E-state index contributed by atoms with van der Waals surface area (Å²) in [6, 6.07) is 11.4. The second-order valence-corrected chi connectivity index (χ2v) is 6.81. The molecule has 0 saturated heterocycles. The summed E-state index contributed by atoms with van der Waals surface area (Å²) < 4.78 is 7.75. The van der Waals surface area contributed by atoms with Crippen LogP contribution in [0.25, 0.3) is 11.0 Å². The fourth-order valence-corrected chi connectivity index (χ4v) is 3.32. The molecule has 4 rings (SSSR count). The number of hydrogen-bond acceptors (Lipinski definition) is 5. The third-order valence-electron chi connectivity index (χ3n) is 4.75. The zero-order valence-electron chi connectivity index (χ0n) is 15.6. The molecule has 0 bridgehead atoms. The van der Waals surface area contributed by atoms with Crippen LogP contribution in [0.2, 0.25) is 0 Å².